The highest BCUT2D eigenvalue weighted by molar-refractivity contribution is 7.85. The van der Waals surface area contributed by atoms with Gasteiger partial charge in [0.25, 0.3) is 0 Å². The summed E-state index contributed by atoms with van der Waals surface area (Å²) < 4.78 is 11.8. The molecule has 0 radical (unpaired) electrons. The Labute approximate surface area is 97.7 Å². The van der Waals surface area contributed by atoms with Gasteiger partial charge in [0.15, 0.2) is 0 Å². The minimum atomic E-state index is -1.12. The number of benzene rings is 1. The van der Waals surface area contributed by atoms with Crippen LogP contribution in [0.1, 0.15) is 12.8 Å². The van der Waals surface area contributed by atoms with E-state index in [2.05, 4.69) is 5.32 Å². The van der Waals surface area contributed by atoms with Gasteiger partial charge in [0.2, 0.25) is 5.91 Å². The van der Waals surface area contributed by atoms with Crippen molar-refractivity contribution in [3.8, 4) is 0 Å². The lowest BCUT2D eigenvalue weighted by atomic mass is 10.3. The lowest BCUT2D eigenvalue weighted by molar-refractivity contribution is -0.120. The average molecular weight is 240 g/mol. The van der Waals surface area contributed by atoms with Crippen LogP contribution in [0.3, 0.4) is 0 Å². The normalized spacial score (nSPS) is 12.1. The van der Waals surface area contributed by atoms with Crippen LogP contribution in [0.4, 0.5) is 5.69 Å². The van der Waals surface area contributed by atoms with Crippen LogP contribution in [0, 0.1) is 0 Å². The van der Waals surface area contributed by atoms with E-state index in [1.54, 1.807) is 25.2 Å². The van der Waals surface area contributed by atoms with Crippen LogP contribution in [0.2, 0.25) is 0 Å². The van der Waals surface area contributed by atoms with Gasteiger partial charge >= 0.3 is 0 Å². The van der Waals surface area contributed by atoms with E-state index in [0.29, 0.717) is 29.2 Å². The average Bonchev–Trinajstić information content (AvgIpc) is 2.29. The third kappa shape index (κ3) is 3.66. The van der Waals surface area contributed by atoms with E-state index < -0.39 is 10.8 Å². The van der Waals surface area contributed by atoms with Gasteiger partial charge in [0.05, 0.1) is 15.7 Å². The summed E-state index contributed by atoms with van der Waals surface area (Å²) >= 11 is 0. The summed E-state index contributed by atoms with van der Waals surface area (Å²) in [5.74, 6) is 0.430. The SMILES string of the molecule is CNC(=O)CCCS(=O)c1ccccc1N. The first-order chi connectivity index (χ1) is 7.65. The molecule has 0 saturated heterocycles. The summed E-state index contributed by atoms with van der Waals surface area (Å²) in [5.41, 5.74) is 6.25. The predicted octanol–water partition coefficient (Wildman–Crippen LogP) is 0.903. The molecule has 0 bridgehead atoms. The van der Waals surface area contributed by atoms with Gasteiger partial charge in [-0.3, -0.25) is 9.00 Å². The number of hydrogen-bond acceptors (Lipinski definition) is 3. The Balaban J connectivity index is 2.47. The molecule has 5 heteroatoms. The zero-order valence-corrected chi connectivity index (χ0v) is 10.0. The number of amides is 1. The van der Waals surface area contributed by atoms with Gasteiger partial charge in [-0.05, 0) is 18.6 Å². The fraction of sp³-hybridized carbons (Fsp3) is 0.364. The molecule has 0 aliphatic heterocycles. The quantitative estimate of drug-likeness (QED) is 0.751. The highest BCUT2D eigenvalue weighted by Gasteiger charge is 2.07. The fourth-order valence-electron chi connectivity index (χ4n) is 1.29. The van der Waals surface area contributed by atoms with E-state index in [9.17, 15) is 9.00 Å². The fourth-order valence-corrected chi connectivity index (χ4v) is 2.47. The number of nitrogens with one attached hydrogen (secondary N) is 1. The van der Waals surface area contributed by atoms with Gasteiger partial charge in [-0.1, -0.05) is 12.1 Å². The van der Waals surface area contributed by atoms with Crippen LogP contribution in [0.5, 0.6) is 0 Å². The first-order valence-electron chi connectivity index (χ1n) is 5.08. The molecule has 0 aromatic heterocycles. The third-order valence-corrected chi connectivity index (χ3v) is 3.70. The molecule has 16 heavy (non-hydrogen) atoms. The van der Waals surface area contributed by atoms with Gasteiger partial charge in [0, 0.05) is 24.9 Å². The van der Waals surface area contributed by atoms with Crippen LogP contribution in [-0.2, 0) is 15.6 Å². The Bertz CT molecular complexity index is 393. The molecule has 0 saturated carbocycles. The second kappa shape index (κ2) is 6.27. The Morgan fingerprint density at radius 1 is 1.44 bits per heavy atom. The Morgan fingerprint density at radius 3 is 2.75 bits per heavy atom. The Morgan fingerprint density at radius 2 is 2.12 bits per heavy atom. The van der Waals surface area contributed by atoms with Crippen molar-refractivity contribution >= 4 is 22.4 Å². The molecule has 1 rings (SSSR count). The first-order valence-corrected chi connectivity index (χ1v) is 6.40. The highest BCUT2D eigenvalue weighted by Crippen LogP contribution is 2.16. The molecule has 0 heterocycles. The summed E-state index contributed by atoms with van der Waals surface area (Å²) in [6, 6.07) is 7.10. The van der Waals surface area contributed by atoms with Crippen molar-refractivity contribution in [2.75, 3.05) is 18.5 Å². The summed E-state index contributed by atoms with van der Waals surface area (Å²) in [6.07, 6.45) is 0.996. The number of nitrogen functional groups attached to an aromatic ring is 1. The lowest BCUT2D eigenvalue weighted by Crippen LogP contribution is -2.18. The van der Waals surface area contributed by atoms with E-state index >= 15 is 0 Å². The smallest absolute Gasteiger partial charge is 0.219 e. The van der Waals surface area contributed by atoms with Gasteiger partial charge in [-0.2, -0.15) is 0 Å². The van der Waals surface area contributed by atoms with Crippen molar-refractivity contribution in [1.29, 1.82) is 0 Å². The predicted molar refractivity (Wildman–Crippen MR) is 65.4 cm³/mol. The van der Waals surface area contributed by atoms with Gasteiger partial charge in [0.1, 0.15) is 0 Å². The molecule has 1 amide bonds. The number of rotatable bonds is 5. The van der Waals surface area contributed by atoms with Crippen molar-refractivity contribution in [2.24, 2.45) is 0 Å². The summed E-state index contributed by atoms with van der Waals surface area (Å²) in [6.45, 7) is 0. The van der Waals surface area contributed by atoms with Crippen LogP contribution >= 0.6 is 0 Å². The number of nitrogens with two attached hydrogens (primary N) is 1. The zero-order valence-electron chi connectivity index (χ0n) is 9.23. The second-order valence-electron chi connectivity index (χ2n) is 3.36. The van der Waals surface area contributed by atoms with E-state index in [1.807, 2.05) is 6.07 Å². The molecule has 0 spiro atoms. The molecule has 1 unspecified atom stereocenters. The van der Waals surface area contributed by atoms with Crippen LogP contribution in [0.15, 0.2) is 29.2 Å². The molecule has 3 N–H and O–H groups in total. The molecule has 1 atom stereocenters. The molecule has 0 aliphatic carbocycles. The van der Waals surface area contributed by atoms with E-state index in [0.717, 1.165) is 0 Å². The zero-order chi connectivity index (χ0) is 12.0. The molecular weight excluding hydrogens is 224 g/mol. The maximum absolute atomic E-state index is 11.8. The number of anilines is 1. The Kier molecular flexibility index (Phi) is 4.98. The molecule has 1 aromatic rings. The van der Waals surface area contributed by atoms with Gasteiger partial charge in [-0.15, -0.1) is 0 Å². The van der Waals surface area contributed by atoms with Crippen molar-refractivity contribution in [3.05, 3.63) is 24.3 Å². The van der Waals surface area contributed by atoms with Crippen molar-refractivity contribution in [2.45, 2.75) is 17.7 Å². The third-order valence-electron chi connectivity index (χ3n) is 2.18. The molecule has 0 fully saturated rings. The topological polar surface area (TPSA) is 72.2 Å². The largest absolute Gasteiger partial charge is 0.398 e. The van der Waals surface area contributed by atoms with E-state index in [-0.39, 0.29) is 5.91 Å². The van der Waals surface area contributed by atoms with Crippen LogP contribution in [-0.4, -0.2) is 22.9 Å². The molecule has 88 valence electrons. The maximum Gasteiger partial charge on any atom is 0.219 e. The summed E-state index contributed by atoms with van der Waals surface area (Å²) in [7, 11) is 0.473. The number of hydrogen-bond donors (Lipinski definition) is 2. The number of carbonyl (C=O) groups is 1. The van der Waals surface area contributed by atoms with Crippen LogP contribution < -0.4 is 11.1 Å². The standard InChI is InChI=1S/C11H16N2O2S/c1-13-11(14)7-4-8-16(15)10-6-3-2-5-9(10)12/h2-3,5-6H,4,7-8,12H2,1H3,(H,13,14). The first kappa shape index (κ1) is 12.7. The van der Waals surface area contributed by atoms with Gasteiger partial charge < -0.3 is 11.1 Å². The molecular formula is C11H16N2O2S. The van der Waals surface area contributed by atoms with Crippen molar-refractivity contribution in [3.63, 3.8) is 0 Å². The maximum atomic E-state index is 11.8. The van der Waals surface area contributed by atoms with Crippen LogP contribution in [0.25, 0.3) is 0 Å². The molecule has 4 nitrogen and oxygen atoms in total. The van der Waals surface area contributed by atoms with E-state index in [1.165, 1.54) is 0 Å². The number of carbonyl (C=O) groups excluding carboxylic acids is 1. The van der Waals surface area contributed by atoms with Gasteiger partial charge in [-0.25, -0.2) is 0 Å². The summed E-state index contributed by atoms with van der Waals surface area (Å²) in [4.78, 5) is 11.6. The molecule has 1 aromatic carbocycles. The molecule has 0 aliphatic rings. The number of para-hydroxylation sites is 1. The minimum absolute atomic E-state index is 0.0296. The summed E-state index contributed by atoms with van der Waals surface area (Å²) in [5, 5.41) is 2.53. The lowest BCUT2D eigenvalue weighted by Gasteiger charge is -2.04. The van der Waals surface area contributed by atoms with E-state index in [4.69, 9.17) is 5.73 Å². The second-order valence-corrected chi connectivity index (χ2v) is 4.90. The Hall–Kier alpha value is -1.36. The monoisotopic (exact) mass is 240 g/mol. The highest BCUT2D eigenvalue weighted by atomic mass is 32.2. The van der Waals surface area contributed by atoms with Crippen molar-refractivity contribution in [1.82, 2.24) is 5.32 Å². The van der Waals surface area contributed by atoms with Crippen molar-refractivity contribution < 1.29 is 9.00 Å². The minimum Gasteiger partial charge on any atom is -0.398 e.